The summed E-state index contributed by atoms with van der Waals surface area (Å²) in [5.41, 5.74) is 1.41. The smallest absolute Gasteiger partial charge is 0.0294 e. The standard InChI is InChI=1S/C14H20IN/c1-11(12-7-9-13(15)10-8-12)16-14-5-3-2-4-6-14/h7-11,14,16H,2-6H2,1H3. The maximum Gasteiger partial charge on any atom is 0.0294 e. The molecule has 0 spiro atoms. The summed E-state index contributed by atoms with van der Waals surface area (Å²) < 4.78 is 1.31. The van der Waals surface area contributed by atoms with E-state index in [2.05, 4.69) is 59.1 Å². The van der Waals surface area contributed by atoms with E-state index in [4.69, 9.17) is 0 Å². The van der Waals surface area contributed by atoms with Crippen molar-refractivity contribution in [3.63, 3.8) is 0 Å². The summed E-state index contributed by atoms with van der Waals surface area (Å²) >= 11 is 2.35. The van der Waals surface area contributed by atoms with Crippen LogP contribution in [0.2, 0.25) is 0 Å². The van der Waals surface area contributed by atoms with Crippen LogP contribution < -0.4 is 5.32 Å². The van der Waals surface area contributed by atoms with Gasteiger partial charge in [-0.05, 0) is 60.1 Å². The number of hydrogen-bond donors (Lipinski definition) is 1. The highest BCUT2D eigenvalue weighted by Crippen LogP contribution is 2.21. The van der Waals surface area contributed by atoms with Crippen molar-refractivity contribution in [2.45, 2.75) is 51.1 Å². The molecular weight excluding hydrogens is 309 g/mol. The van der Waals surface area contributed by atoms with Gasteiger partial charge in [0.05, 0.1) is 0 Å². The van der Waals surface area contributed by atoms with Crippen LogP contribution in [0.1, 0.15) is 50.6 Å². The summed E-state index contributed by atoms with van der Waals surface area (Å²) in [6.07, 6.45) is 6.94. The highest BCUT2D eigenvalue weighted by atomic mass is 127. The molecule has 0 heterocycles. The molecule has 16 heavy (non-hydrogen) atoms. The maximum absolute atomic E-state index is 3.75. The average Bonchev–Trinajstić information content (AvgIpc) is 2.31. The third-order valence-corrected chi connectivity index (χ3v) is 4.18. The molecule has 0 radical (unpaired) electrons. The van der Waals surface area contributed by atoms with E-state index in [0.29, 0.717) is 6.04 Å². The monoisotopic (exact) mass is 329 g/mol. The van der Waals surface area contributed by atoms with E-state index in [1.54, 1.807) is 0 Å². The molecular formula is C14H20IN. The lowest BCUT2D eigenvalue weighted by Gasteiger charge is -2.26. The molecule has 0 aromatic heterocycles. The zero-order valence-corrected chi connectivity index (χ0v) is 12.0. The van der Waals surface area contributed by atoms with Crippen molar-refractivity contribution < 1.29 is 0 Å². The maximum atomic E-state index is 3.75. The highest BCUT2D eigenvalue weighted by molar-refractivity contribution is 14.1. The second-order valence-electron chi connectivity index (χ2n) is 4.77. The fraction of sp³-hybridized carbons (Fsp3) is 0.571. The number of nitrogens with one attached hydrogen (secondary N) is 1. The quantitative estimate of drug-likeness (QED) is 0.817. The molecule has 1 fully saturated rings. The number of benzene rings is 1. The minimum absolute atomic E-state index is 0.486. The van der Waals surface area contributed by atoms with Gasteiger partial charge in [0.25, 0.3) is 0 Å². The molecule has 0 amide bonds. The van der Waals surface area contributed by atoms with Gasteiger partial charge in [-0.1, -0.05) is 31.4 Å². The van der Waals surface area contributed by atoms with Crippen molar-refractivity contribution in [3.05, 3.63) is 33.4 Å². The molecule has 1 aromatic rings. The summed E-state index contributed by atoms with van der Waals surface area (Å²) in [5.74, 6) is 0. The SMILES string of the molecule is CC(NC1CCCCC1)c1ccc(I)cc1. The molecule has 2 rings (SSSR count). The van der Waals surface area contributed by atoms with Gasteiger partial charge in [-0.2, -0.15) is 0 Å². The molecule has 0 bridgehead atoms. The van der Waals surface area contributed by atoms with Crippen molar-refractivity contribution in [3.8, 4) is 0 Å². The predicted octanol–water partition coefficient (Wildman–Crippen LogP) is 4.27. The molecule has 1 saturated carbocycles. The molecule has 2 heteroatoms. The van der Waals surface area contributed by atoms with Gasteiger partial charge in [0, 0.05) is 15.7 Å². The van der Waals surface area contributed by atoms with Crippen molar-refractivity contribution in [2.24, 2.45) is 0 Å². The van der Waals surface area contributed by atoms with Gasteiger partial charge in [0.1, 0.15) is 0 Å². The molecule has 0 aliphatic heterocycles. The van der Waals surface area contributed by atoms with Crippen molar-refractivity contribution in [1.82, 2.24) is 5.32 Å². The van der Waals surface area contributed by atoms with Crippen LogP contribution >= 0.6 is 22.6 Å². The molecule has 1 unspecified atom stereocenters. The largest absolute Gasteiger partial charge is 0.307 e. The summed E-state index contributed by atoms with van der Waals surface area (Å²) in [6, 6.07) is 10.1. The lowest BCUT2D eigenvalue weighted by Crippen LogP contribution is -2.33. The molecule has 1 aromatic carbocycles. The number of rotatable bonds is 3. The molecule has 1 aliphatic rings. The Kier molecular flexibility index (Phi) is 4.65. The summed E-state index contributed by atoms with van der Waals surface area (Å²) in [7, 11) is 0. The van der Waals surface area contributed by atoms with Crippen LogP contribution in [0.4, 0.5) is 0 Å². The Bertz CT molecular complexity index is 314. The molecule has 1 atom stereocenters. The fourth-order valence-corrected chi connectivity index (χ4v) is 2.83. The zero-order valence-electron chi connectivity index (χ0n) is 9.88. The van der Waals surface area contributed by atoms with Gasteiger partial charge in [-0.25, -0.2) is 0 Å². The lowest BCUT2D eigenvalue weighted by atomic mass is 9.94. The Hall–Kier alpha value is -0.0900. The van der Waals surface area contributed by atoms with Gasteiger partial charge >= 0.3 is 0 Å². The first-order chi connectivity index (χ1) is 7.75. The van der Waals surface area contributed by atoms with Gasteiger partial charge in [0.15, 0.2) is 0 Å². The van der Waals surface area contributed by atoms with Crippen LogP contribution in [0.15, 0.2) is 24.3 Å². The Balaban J connectivity index is 1.91. The van der Waals surface area contributed by atoms with Crippen LogP contribution in [0.25, 0.3) is 0 Å². The first kappa shape index (κ1) is 12.4. The van der Waals surface area contributed by atoms with E-state index < -0.39 is 0 Å². The van der Waals surface area contributed by atoms with Crippen LogP contribution in [-0.4, -0.2) is 6.04 Å². The van der Waals surface area contributed by atoms with Gasteiger partial charge in [-0.15, -0.1) is 0 Å². The molecule has 1 aliphatic carbocycles. The minimum Gasteiger partial charge on any atom is -0.307 e. The third-order valence-electron chi connectivity index (χ3n) is 3.46. The molecule has 1 N–H and O–H groups in total. The first-order valence-electron chi connectivity index (χ1n) is 6.27. The molecule has 88 valence electrons. The Labute approximate surface area is 112 Å². The van der Waals surface area contributed by atoms with Crippen molar-refractivity contribution in [1.29, 1.82) is 0 Å². The van der Waals surface area contributed by atoms with E-state index >= 15 is 0 Å². The lowest BCUT2D eigenvalue weighted by molar-refractivity contribution is 0.347. The van der Waals surface area contributed by atoms with Gasteiger partial charge in [0.2, 0.25) is 0 Å². The normalized spacial score (nSPS) is 19.6. The average molecular weight is 329 g/mol. The van der Waals surface area contributed by atoms with Crippen LogP contribution in [-0.2, 0) is 0 Å². The summed E-state index contributed by atoms with van der Waals surface area (Å²) in [4.78, 5) is 0. The highest BCUT2D eigenvalue weighted by Gasteiger charge is 2.15. The van der Waals surface area contributed by atoms with Crippen LogP contribution in [0.5, 0.6) is 0 Å². The molecule has 1 nitrogen and oxygen atoms in total. The van der Waals surface area contributed by atoms with E-state index in [1.807, 2.05) is 0 Å². The fourth-order valence-electron chi connectivity index (χ4n) is 2.47. The van der Waals surface area contributed by atoms with E-state index in [-0.39, 0.29) is 0 Å². The number of halogens is 1. The van der Waals surface area contributed by atoms with E-state index in [0.717, 1.165) is 6.04 Å². The summed E-state index contributed by atoms with van der Waals surface area (Å²) in [6.45, 7) is 2.27. The third kappa shape index (κ3) is 3.45. The number of hydrogen-bond acceptors (Lipinski definition) is 1. The Morgan fingerprint density at radius 2 is 1.75 bits per heavy atom. The Morgan fingerprint density at radius 1 is 1.12 bits per heavy atom. The second-order valence-corrected chi connectivity index (χ2v) is 6.02. The van der Waals surface area contributed by atoms with E-state index in [9.17, 15) is 0 Å². The zero-order chi connectivity index (χ0) is 11.4. The van der Waals surface area contributed by atoms with Gasteiger partial charge < -0.3 is 5.32 Å². The van der Waals surface area contributed by atoms with Crippen LogP contribution in [0, 0.1) is 3.57 Å². The van der Waals surface area contributed by atoms with E-state index in [1.165, 1.54) is 41.2 Å². The topological polar surface area (TPSA) is 12.0 Å². The minimum atomic E-state index is 0.486. The van der Waals surface area contributed by atoms with Crippen molar-refractivity contribution in [2.75, 3.05) is 0 Å². The first-order valence-corrected chi connectivity index (χ1v) is 7.35. The van der Waals surface area contributed by atoms with Gasteiger partial charge in [-0.3, -0.25) is 0 Å². The second kappa shape index (κ2) is 6.01. The van der Waals surface area contributed by atoms with Crippen molar-refractivity contribution >= 4 is 22.6 Å². The summed E-state index contributed by atoms with van der Waals surface area (Å²) in [5, 5.41) is 3.75. The predicted molar refractivity (Wildman–Crippen MR) is 77.6 cm³/mol. The molecule has 0 saturated heterocycles. The Morgan fingerprint density at radius 3 is 2.38 bits per heavy atom. The van der Waals surface area contributed by atoms with Crippen LogP contribution in [0.3, 0.4) is 0 Å².